The maximum absolute atomic E-state index is 9.57. The SMILES string of the molecule is N#C/C(=C\c1cc(Cl)cc(Cl)c1OCc1ccccc1Cl)c1ccccc1. The summed E-state index contributed by atoms with van der Waals surface area (Å²) < 4.78 is 5.94. The number of rotatable bonds is 5. The van der Waals surface area contributed by atoms with Crippen LogP contribution in [0.3, 0.4) is 0 Å². The van der Waals surface area contributed by atoms with E-state index >= 15 is 0 Å². The highest BCUT2D eigenvalue weighted by Crippen LogP contribution is 2.35. The predicted octanol–water partition coefficient (Wildman–Crippen LogP) is 7.29. The number of benzene rings is 3. The molecule has 0 aliphatic heterocycles. The van der Waals surface area contributed by atoms with Crippen molar-refractivity contribution >= 4 is 46.5 Å². The number of nitrogens with zero attached hydrogens (tertiary/aromatic N) is 1. The monoisotopic (exact) mass is 413 g/mol. The lowest BCUT2D eigenvalue weighted by molar-refractivity contribution is 0.306. The zero-order valence-corrected chi connectivity index (χ0v) is 16.4. The molecule has 0 saturated carbocycles. The molecule has 0 aliphatic rings. The van der Waals surface area contributed by atoms with Crippen LogP contribution in [0.4, 0.5) is 0 Å². The number of nitriles is 1. The van der Waals surface area contributed by atoms with Crippen LogP contribution in [-0.4, -0.2) is 0 Å². The topological polar surface area (TPSA) is 33.0 Å². The van der Waals surface area contributed by atoms with Crippen LogP contribution in [0.15, 0.2) is 66.7 Å². The minimum absolute atomic E-state index is 0.245. The van der Waals surface area contributed by atoms with E-state index in [-0.39, 0.29) is 6.61 Å². The molecule has 0 fully saturated rings. The lowest BCUT2D eigenvalue weighted by Gasteiger charge is -2.13. The summed E-state index contributed by atoms with van der Waals surface area (Å²) >= 11 is 18.7. The Hall–Kier alpha value is -2.44. The molecular weight excluding hydrogens is 401 g/mol. The van der Waals surface area contributed by atoms with Crippen molar-refractivity contribution in [2.75, 3.05) is 0 Å². The molecule has 27 heavy (non-hydrogen) atoms. The van der Waals surface area contributed by atoms with Crippen LogP contribution in [0, 0.1) is 11.3 Å². The van der Waals surface area contributed by atoms with Gasteiger partial charge in [0.15, 0.2) is 0 Å². The van der Waals surface area contributed by atoms with Gasteiger partial charge in [-0.05, 0) is 29.8 Å². The third-order valence-corrected chi connectivity index (χ3v) is 4.74. The summed E-state index contributed by atoms with van der Waals surface area (Å²) in [7, 11) is 0. The van der Waals surface area contributed by atoms with E-state index < -0.39 is 0 Å². The highest BCUT2D eigenvalue weighted by Gasteiger charge is 2.12. The van der Waals surface area contributed by atoms with Crippen LogP contribution in [0.1, 0.15) is 16.7 Å². The van der Waals surface area contributed by atoms with E-state index in [1.54, 1.807) is 24.3 Å². The van der Waals surface area contributed by atoms with E-state index in [9.17, 15) is 5.26 Å². The average Bonchev–Trinajstić information content (AvgIpc) is 2.67. The summed E-state index contributed by atoms with van der Waals surface area (Å²) in [5.74, 6) is 0.449. The Balaban J connectivity index is 1.99. The van der Waals surface area contributed by atoms with Crippen molar-refractivity contribution in [1.82, 2.24) is 0 Å². The van der Waals surface area contributed by atoms with Gasteiger partial charge < -0.3 is 4.74 Å². The molecule has 0 unspecified atom stereocenters. The number of hydrogen-bond acceptors (Lipinski definition) is 2. The fourth-order valence-corrected chi connectivity index (χ4v) is 3.31. The van der Waals surface area contributed by atoms with Gasteiger partial charge in [0.25, 0.3) is 0 Å². The maximum Gasteiger partial charge on any atom is 0.145 e. The van der Waals surface area contributed by atoms with E-state index in [2.05, 4.69) is 6.07 Å². The van der Waals surface area contributed by atoms with Crippen molar-refractivity contribution in [3.63, 3.8) is 0 Å². The summed E-state index contributed by atoms with van der Waals surface area (Å²) in [5, 5.41) is 11.0. The second-order valence-electron chi connectivity index (χ2n) is 5.72. The average molecular weight is 415 g/mol. The first-order valence-electron chi connectivity index (χ1n) is 8.11. The molecule has 3 aromatic rings. The first-order valence-corrected chi connectivity index (χ1v) is 9.24. The zero-order valence-electron chi connectivity index (χ0n) is 14.1. The van der Waals surface area contributed by atoms with E-state index in [1.807, 2.05) is 48.5 Å². The van der Waals surface area contributed by atoms with Crippen LogP contribution >= 0.6 is 34.8 Å². The Morgan fingerprint density at radius 1 is 0.926 bits per heavy atom. The molecular formula is C22H14Cl3NO. The van der Waals surface area contributed by atoms with Crippen molar-refractivity contribution in [2.45, 2.75) is 6.61 Å². The van der Waals surface area contributed by atoms with Crippen molar-refractivity contribution in [2.24, 2.45) is 0 Å². The highest BCUT2D eigenvalue weighted by atomic mass is 35.5. The second kappa shape index (κ2) is 8.97. The summed E-state index contributed by atoms with van der Waals surface area (Å²) in [6, 6.07) is 22.3. The number of halogens is 3. The van der Waals surface area contributed by atoms with Gasteiger partial charge in [-0.25, -0.2) is 0 Å². The van der Waals surface area contributed by atoms with Gasteiger partial charge in [0, 0.05) is 21.2 Å². The normalized spacial score (nSPS) is 11.1. The summed E-state index contributed by atoms with van der Waals surface area (Å²) in [5.41, 5.74) is 2.74. The Labute approximate surface area is 173 Å². The Bertz CT molecular complexity index is 1020. The summed E-state index contributed by atoms with van der Waals surface area (Å²) in [6.45, 7) is 0.245. The van der Waals surface area contributed by atoms with Gasteiger partial charge in [0.1, 0.15) is 12.4 Å². The predicted molar refractivity (Wildman–Crippen MR) is 112 cm³/mol. The third kappa shape index (κ3) is 4.84. The maximum atomic E-state index is 9.57. The van der Waals surface area contributed by atoms with Gasteiger partial charge in [-0.15, -0.1) is 0 Å². The quantitative estimate of drug-likeness (QED) is 0.324. The standard InChI is InChI=1S/C22H14Cl3NO/c23-19-11-17(10-18(13-26)15-6-2-1-3-7-15)22(21(25)12-19)27-14-16-8-4-5-9-20(16)24/h1-12H,14H2/b18-10+. The molecule has 134 valence electrons. The van der Waals surface area contributed by atoms with E-state index in [0.717, 1.165) is 11.1 Å². The molecule has 3 rings (SSSR count). The molecule has 0 bridgehead atoms. The van der Waals surface area contributed by atoms with Gasteiger partial charge in [-0.3, -0.25) is 0 Å². The molecule has 0 atom stereocenters. The first kappa shape index (κ1) is 19.3. The fraction of sp³-hybridized carbons (Fsp3) is 0.0455. The minimum Gasteiger partial charge on any atom is -0.487 e. The van der Waals surface area contributed by atoms with Crippen LogP contribution in [-0.2, 0) is 6.61 Å². The molecule has 0 amide bonds. The molecule has 0 N–H and O–H groups in total. The fourth-order valence-electron chi connectivity index (χ4n) is 2.56. The number of hydrogen-bond donors (Lipinski definition) is 0. The molecule has 0 spiro atoms. The Morgan fingerprint density at radius 2 is 1.63 bits per heavy atom. The zero-order chi connectivity index (χ0) is 19.2. The van der Waals surface area contributed by atoms with Gasteiger partial charge in [-0.2, -0.15) is 5.26 Å². The van der Waals surface area contributed by atoms with E-state index in [4.69, 9.17) is 39.5 Å². The van der Waals surface area contributed by atoms with Gasteiger partial charge >= 0.3 is 0 Å². The van der Waals surface area contributed by atoms with Crippen LogP contribution in [0.5, 0.6) is 5.75 Å². The first-order chi connectivity index (χ1) is 13.1. The number of allylic oxidation sites excluding steroid dienone is 1. The lowest BCUT2D eigenvalue weighted by Crippen LogP contribution is -1.99. The molecule has 0 aromatic heterocycles. The molecule has 0 saturated heterocycles. The highest BCUT2D eigenvalue weighted by molar-refractivity contribution is 6.36. The number of ether oxygens (including phenoxy) is 1. The summed E-state index contributed by atoms with van der Waals surface area (Å²) in [4.78, 5) is 0. The molecule has 2 nitrogen and oxygen atoms in total. The molecule has 0 heterocycles. The Morgan fingerprint density at radius 3 is 2.33 bits per heavy atom. The van der Waals surface area contributed by atoms with Gasteiger partial charge in [0.05, 0.1) is 16.7 Å². The largest absolute Gasteiger partial charge is 0.487 e. The van der Waals surface area contributed by atoms with Crippen LogP contribution in [0.2, 0.25) is 15.1 Å². The smallest absolute Gasteiger partial charge is 0.145 e. The van der Waals surface area contributed by atoms with E-state index in [0.29, 0.717) is 32.0 Å². The van der Waals surface area contributed by atoms with Crippen LogP contribution in [0.25, 0.3) is 11.6 Å². The van der Waals surface area contributed by atoms with E-state index in [1.165, 1.54) is 0 Å². The van der Waals surface area contributed by atoms with Crippen molar-refractivity contribution in [3.8, 4) is 11.8 Å². The van der Waals surface area contributed by atoms with Gasteiger partial charge in [-0.1, -0.05) is 83.3 Å². The molecule has 0 radical (unpaired) electrons. The van der Waals surface area contributed by atoms with Crippen molar-refractivity contribution in [1.29, 1.82) is 5.26 Å². The molecule has 3 aromatic carbocycles. The Kier molecular flexibility index (Phi) is 6.42. The van der Waals surface area contributed by atoms with Gasteiger partial charge in [0.2, 0.25) is 0 Å². The summed E-state index contributed by atoms with van der Waals surface area (Å²) in [6.07, 6.45) is 1.72. The molecule has 5 heteroatoms. The van der Waals surface area contributed by atoms with Crippen molar-refractivity contribution in [3.05, 3.63) is 98.5 Å². The minimum atomic E-state index is 0.245. The molecule has 0 aliphatic carbocycles. The third-order valence-electron chi connectivity index (χ3n) is 3.87. The second-order valence-corrected chi connectivity index (χ2v) is 6.97. The van der Waals surface area contributed by atoms with Crippen LogP contribution < -0.4 is 4.74 Å². The lowest BCUT2D eigenvalue weighted by atomic mass is 10.0. The van der Waals surface area contributed by atoms with Crippen molar-refractivity contribution < 1.29 is 4.74 Å².